The second kappa shape index (κ2) is 9.56. The Kier molecular flexibility index (Phi) is 9.83. The minimum absolute atomic E-state index is 0. The van der Waals surface area contributed by atoms with Gasteiger partial charge in [0.25, 0.3) is 5.56 Å². The quantitative estimate of drug-likeness (QED) is 0.258. The van der Waals surface area contributed by atoms with E-state index in [1.165, 1.54) is 6.92 Å². The SMILES string of the molecule is Cc1cn([C@@H]2O[C@H](OCP(=O)(O)O)[C@@H](O)[C@H]2O)c(=O)[nH]c1=O.[NaH].[NaH]. The van der Waals surface area contributed by atoms with E-state index in [1.807, 2.05) is 4.98 Å². The Morgan fingerprint density at radius 1 is 1.29 bits per heavy atom. The van der Waals surface area contributed by atoms with Gasteiger partial charge in [0, 0.05) is 11.8 Å². The Balaban J connectivity index is 0.00000264. The second-order valence-electron chi connectivity index (χ2n) is 4.82. The average Bonchev–Trinajstić information content (AvgIpc) is 2.68. The van der Waals surface area contributed by atoms with E-state index in [0.29, 0.717) is 0 Å². The molecule has 1 aliphatic rings. The molecule has 1 aromatic heterocycles. The van der Waals surface area contributed by atoms with E-state index in [1.54, 1.807) is 0 Å². The summed E-state index contributed by atoms with van der Waals surface area (Å²) in [5.74, 6) is 0. The molecule has 128 valence electrons. The van der Waals surface area contributed by atoms with Crippen LogP contribution in [0.25, 0.3) is 0 Å². The van der Waals surface area contributed by atoms with Gasteiger partial charge in [0.15, 0.2) is 18.9 Å². The van der Waals surface area contributed by atoms with Gasteiger partial charge in [-0.1, -0.05) is 0 Å². The van der Waals surface area contributed by atoms with Gasteiger partial charge in [-0.05, 0) is 6.92 Å². The number of aliphatic hydroxyl groups is 2. The molecule has 0 bridgehead atoms. The average molecular weight is 386 g/mol. The van der Waals surface area contributed by atoms with E-state index in [2.05, 4.69) is 0 Å². The second-order valence-corrected chi connectivity index (χ2v) is 6.40. The molecule has 1 fully saturated rings. The minimum atomic E-state index is -4.49. The summed E-state index contributed by atoms with van der Waals surface area (Å²) < 4.78 is 21.4. The summed E-state index contributed by atoms with van der Waals surface area (Å²) in [6, 6.07) is 0. The Morgan fingerprint density at radius 3 is 2.42 bits per heavy atom. The third kappa shape index (κ3) is 5.85. The van der Waals surface area contributed by atoms with Gasteiger partial charge in [0.1, 0.15) is 12.2 Å². The van der Waals surface area contributed by atoms with E-state index in [0.717, 1.165) is 10.8 Å². The maximum absolute atomic E-state index is 11.7. The van der Waals surface area contributed by atoms with Crippen molar-refractivity contribution in [3.63, 3.8) is 0 Å². The van der Waals surface area contributed by atoms with E-state index < -0.39 is 49.9 Å². The molecule has 4 atom stereocenters. The molecule has 0 spiro atoms. The molecule has 0 radical (unpaired) electrons. The molecule has 1 aromatic rings. The summed E-state index contributed by atoms with van der Waals surface area (Å²) >= 11 is 0. The van der Waals surface area contributed by atoms with Crippen molar-refractivity contribution in [2.24, 2.45) is 0 Å². The molecule has 0 aromatic carbocycles. The van der Waals surface area contributed by atoms with Gasteiger partial charge >= 0.3 is 72.4 Å². The zero-order valence-corrected chi connectivity index (χ0v) is 12.2. The number of rotatable bonds is 4. The molecule has 0 saturated carbocycles. The molecule has 2 heterocycles. The number of hydrogen-bond acceptors (Lipinski definition) is 7. The number of ether oxygens (including phenoxy) is 2. The fourth-order valence-corrected chi connectivity index (χ4v) is 2.28. The normalized spacial score (nSPS) is 26.5. The summed E-state index contributed by atoms with van der Waals surface area (Å²) in [6.45, 7) is 1.42. The van der Waals surface area contributed by atoms with Crippen LogP contribution in [0.15, 0.2) is 15.8 Å². The molecule has 0 unspecified atom stereocenters. The van der Waals surface area contributed by atoms with Gasteiger partial charge in [-0.15, -0.1) is 0 Å². The van der Waals surface area contributed by atoms with Gasteiger partial charge in [-0.25, -0.2) is 4.79 Å². The van der Waals surface area contributed by atoms with E-state index in [-0.39, 0.29) is 64.7 Å². The van der Waals surface area contributed by atoms with Crippen LogP contribution in [-0.2, 0) is 14.0 Å². The molecular weight excluding hydrogens is 369 g/mol. The first-order valence-electron chi connectivity index (χ1n) is 6.10. The van der Waals surface area contributed by atoms with Crippen molar-refractivity contribution in [1.82, 2.24) is 9.55 Å². The fourth-order valence-electron chi connectivity index (χ4n) is 1.94. The zero-order valence-electron chi connectivity index (χ0n) is 11.3. The summed E-state index contributed by atoms with van der Waals surface area (Å²) in [6.07, 6.45) is -6.02. The van der Waals surface area contributed by atoms with Crippen molar-refractivity contribution in [2.45, 2.75) is 31.6 Å². The molecule has 0 amide bonds. The number of aromatic nitrogens is 2. The van der Waals surface area contributed by atoms with E-state index in [4.69, 9.17) is 19.3 Å². The first-order valence-corrected chi connectivity index (χ1v) is 7.90. The number of H-pyrrole nitrogens is 1. The topological polar surface area (TPSA) is 171 Å². The van der Waals surface area contributed by atoms with E-state index >= 15 is 0 Å². The molecule has 0 aliphatic carbocycles. The van der Waals surface area contributed by atoms with Crippen molar-refractivity contribution >= 4 is 66.7 Å². The number of aliphatic hydroxyl groups excluding tert-OH is 2. The first-order chi connectivity index (χ1) is 10.1. The van der Waals surface area contributed by atoms with Gasteiger partial charge in [0.05, 0.1) is 0 Å². The molecular formula is C10H17N2Na2O9P. The Morgan fingerprint density at radius 2 is 1.88 bits per heavy atom. The first kappa shape index (κ1) is 24.7. The molecule has 1 aliphatic heterocycles. The molecule has 11 nitrogen and oxygen atoms in total. The molecule has 14 heteroatoms. The molecule has 1 saturated heterocycles. The summed E-state index contributed by atoms with van der Waals surface area (Å²) in [5, 5.41) is 19.7. The van der Waals surface area contributed by atoms with E-state index in [9.17, 15) is 24.4 Å². The number of aromatic amines is 1. The molecule has 2 rings (SSSR count). The standard InChI is InChI=1S/C10H15N2O9P.2Na.2H/c1-4-2-12(10(16)11-7(4)15)8-5(13)6(14)9(21-8)20-3-22(17,18)19;;;;/h2,5-6,8-9,13-14H,3H2,1H3,(H,11,15,16)(H2,17,18,19);;;;/t5-,6+,8-,9+;;;;/m1..../s1. The van der Waals surface area contributed by atoms with Crippen LogP contribution in [0.2, 0.25) is 0 Å². The summed E-state index contributed by atoms with van der Waals surface area (Å²) in [7, 11) is -4.49. The number of nitrogens with zero attached hydrogens (tertiary/aromatic N) is 1. The van der Waals surface area contributed by atoms with Crippen LogP contribution >= 0.6 is 7.60 Å². The van der Waals surface area contributed by atoms with Crippen LogP contribution in [0.1, 0.15) is 11.8 Å². The van der Waals surface area contributed by atoms with Crippen LogP contribution in [0.4, 0.5) is 0 Å². The van der Waals surface area contributed by atoms with Crippen molar-refractivity contribution in [3.05, 3.63) is 32.6 Å². The summed E-state index contributed by atoms with van der Waals surface area (Å²) in [4.78, 5) is 42.5. The third-order valence-electron chi connectivity index (χ3n) is 3.02. The molecule has 24 heavy (non-hydrogen) atoms. The Bertz CT molecular complexity index is 717. The monoisotopic (exact) mass is 386 g/mol. The van der Waals surface area contributed by atoms with Crippen LogP contribution in [0, 0.1) is 6.92 Å². The van der Waals surface area contributed by atoms with Gasteiger partial charge in [-0.3, -0.25) is 18.9 Å². The van der Waals surface area contributed by atoms with Crippen molar-refractivity contribution < 1.29 is 34.0 Å². The Hall–Kier alpha value is 0.670. The van der Waals surface area contributed by atoms with Crippen molar-refractivity contribution in [1.29, 1.82) is 0 Å². The van der Waals surface area contributed by atoms with Gasteiger partial charge in [0.2, 0.25) is 0 Å². The number of nitrogens with one attached hydrogen (secondary N) is 1. The third-order valence-corrected chi connectivity index (χ3v) is 3.51. The number of aryl methyl sites for hydroxylation is 1. The predicted molar refractivity (Wildman–Crippen MR) is 84.3 cm³/mol. The zero-order chi connectivity index (χ0) is 16.7. The number of hydrogen-bond donors (Lipinski definition) is 5. The fraction of sp³-hybridized carbons (Fsp3) is 0.600. The van der Waals surface area contributed by atoms with Crippen LogP contribution in [0.3, 0.4) is 0 Å². The van der Waals surface area contributed by atoms with Crippen molar-refractivity contribution in [3.8, 4) is 0 Å². The van der Waals surface area contributed by atoms with Crippen LogP contribution in [0.5, 0.6) is 0 Å². The van der Waals surface area contributed by atoms with Crippen molar-refractivity contribution in [2.75, 3.05) is 6.35 Å². The predicted octanol–water partition coefficient (Wildman–Crippen LogP) is -3.72. The van der Waals surface area contributed by atoms with Crippen LogP contribution in [-0.4, -0.2) is 114 Å². The maximum atomic E-state index is 11.7. The van der Waals surface area contributed by atoms with Gasteiger partial charge in [-0.2, -0.15) is 0 Å². The Labute approximate surface area is 179 Å². The van der Waals surface area contributed by atoms with Crippen LogP contribution < -0.4 is 11.2 Å². The van der Waals surface area contributed by atoms with Gasteiger partial charge < -0.3 is 29.5 Å². The molecule has 5 N–H and O–H groups in total. The summed E-state index contributed by atoms with van der Waals surface area (Å²) in [5.41, 5.74) is -1.31.